The Morgan fingerprint density at radius 1 is 1.16 bits per heavy atom. The molecule has 1 aromatic carbocycles. The lowest BCUT2D eigenvalue weighted by Crippen LogP contribution is -2.52. The van der Waals surface area contributed by atoms with Crippen LogP contribution in [0.5, 0.6) is 5.75 Å². The molecule has 25 heavy (non-hydrogen) atoms. The Morgan fingerprint density at radius 3 is 2.48 bits per heavy atom. The highest BCUT2D eigenvalue weighted by Crippen LogP contribution is 2.43. The molecule has 0 spiro atoms. The normalized spacial score (nSPS) is 29.4. The predicted molar refractivity (Wildman–Crippen MR) is 101 cm³/mol. The van der Waals surface area contributed by atoms with Gasteiger partial charge >= 0.3 is 0 Å². The van der Waals surface area contributed by atoms with Crippen LogP contribution in [0.3, 0.4) is 0 Å². The van der Waals surface area contributed by atoms with Gasteiger partial charge < -0.3 is 15.3 Å². The SMILES string of the molecule is CNC1CCCCC1C(=O)N1CCC(c2ccc(O)cc2)C(C)(C)C1. The first kappa shape index (κ1) is 18.2. The average molecular weight is 344 g/mol. The van der Waals surface area contributed by atoms with Crippen LogP contribution in [0, 0.1) is 11.3 Å². The molecule has 1 saturated heterocycles. The van der Waals surface area contributed by atoms with E-state index in [9.17, 15) is 9.90 Å². The Balaban J connectivity index is 1.71. The Kier molecular flexibility index (Phi) is 5.38. The second-order valence-electron chi connectivity index (χ2n) is 8.47. The number of phenolic OH excluding ortho intramolecular Hbond substituents is 1. The first-order chi connectivity index (χ1) is 11.9. The molecule has 4 nitrogen and oxygen atoms in total. The summed E-state index contributed by atoms with van der Waals surface area (Å²) in [5.41, 5.74) is 1.30. The van der Waals surface area contributed by atoms with Crippen molar-refractivity contribution in [3.05, 3.63) is 29.8 Å². The van der Waals surface area contributed by atoms with Gasteiger partial charge in [0.05, 0.1) is 5.92 Å². The topological polar surface area (TPSA) is 52.6 Å². The lowest BCUT2D eigenvalue weighted by atomic mass is 9.70. The molecule has 1 saturated carbocycles. The van der Waals surface area contributed by atoms with Crippen LogP contribution in [-0.2, 0) is 4.79 Å². The average Bonchev–Trinajstić information content (AvgIpc) is 2.61. The molecule has 2 fully saturated rings. The van der Waals surface area contributed by atoms with Crippen molar-refractivity contribution in [1.29, 1.82) is 0 Å². The lowest BCUT2D eigenvalue weighted by Gasteiger charge is -2.46. The Labute approximate surface area is 151 Å². The van der Waals surface area contributed by atoms with E-state index >= 15 is 0 Å². The molecule has 0 bridgehead atoms. The van der Waals surface area contributed by atoms with Crippen molar-refractivity contribution in [3.63, 3.8) is 0 Å². The molecule has 4 heteroatoms. The fraction of sp³-hybridized carbons (Fsp3) is 0.667. The highest BCUT2D eigenvalue weighted by atomic mass is 16.3. The minimum Gasteiger partial charge on any atom is -0.508 e. The molecule has 0 aromatic heterocycles. The van der Waals surface area contributed by atoms with Gasteiger partial charge in [0.2, 0.25) is 5.91 Å². The number of phenols is 1. The molecule has 3 atom stereocenters. The maximum absolute atomic E-state index is 13.2. The van der Waals surface area contributed by atoms with Crippen molar-refractivity contribution in [3.8, 4) is 5.75 Å². The summed E-state index contributed by atoms with van der Waals surface area (Å²) in [7, 11) is 1.98. The van der Waals surface area contributed by atoms with Crippen LogP contribution < -0.4 is 5.32 Å². The van der Waals surface area contributed by atoms with Crippen molar-refractivity contribution in [2.45, 2.75) is 57.9 Å². The molecule has 1 heterocycles. The maximum atomic E-state index is 13.2. The molecule has 1 aliphatic carbocycles. The van der Waals surface area contributed by atoms with E-state index in [1.54, 1.807) is 12.1 Å². The summed E-state index contributed by atoms with van der Waals surface area (Å²) in [6.45, 7) is 6.17. The summed E-state index contributed by atoms with van der Waals surface area (Å²) < 4.78 is 0. The van der Waals surface area contributed by atoms with Crippen molar-refractivity contribution in [1.82, 2.24) is 10.2 Å². The van der Waals surface area contributed by atoms with Gasteiger partial charge in [-0.1, -0.05) is 38.8 Å². The fourth-order valence-electron chi connectivity index (χ4n) is 4.88. The summed E-state index contributed by atoms with van der Waals surface area (Å²) in [6, 6.07) is 7.92. The van der Waals surface area contributed by atoms with E-state index in [-0.39, 0.29) is 11.3 Å². The second kappa shape index (κ2) is 7.36. The van der Waals surface area contributed by atoms with Crippen LogP contribution in [-0.4, -0.2) is 42.1 Å². The maximum Gasteiger partial charge on any atom is 0.227 e. The van der Waals surface area contributed by atoms with Crippen LogP contribution in [0.4, 0.5) is 0 Å². The smallest absolute Gasteiger partial charge is 0.227 e. The van der Waals surface area contributed by atoms with Crippen molar-refractivity contribution >= 4 is 5.91 Å². The highest BCUT2D eigenvalue weighted by Gasteiger charge is 2.41. The Bertz CT molecular complexity index is 596. The molecule has 1 aliphatic heterocycles. The van der Waals surface area contributed by atoms with E-state index in [0.717, 1.165) is 32.4 Å². The van der Waals surface area contributed by atoms with Gasteiger partial charge in [-0.25, -0.2) is 0 Å². The van der Waals surface area contributed by atoms with Gasteiger partial charge in [-0.3, -0.25) is 4.79 Å². The molecular formula is C21H32N2O2. The number of aromatic hydroxyl groups is 1. The quantitative estimate of drug-likeness (QED) is 0.882. The van der Waals surface area contributed by atoms with E-state index in [1.165, 1.54) is 18.4 Å². The minimum atomic E-state index is 0.0364. The first-order valence-corrected chi connectivity index (χ1v) is 9.67. The van der Waals surface area contributed by atoms with Crippen LogP contribution in [0.25, 0.3) is 0 Å². The van der Waals surface area contributed by atoms with Gasteiger partial charge in [0.15, 0.2) is 0 Å². The van der Waals surface area contributed by atoms with Crippen LogP contribution in [0.2, 0.25) is 0 Å². The number of likely N-dealkylation sites (tertiary alicyclic amines) is 1. The third-order valence-corrected chi connectivity index (χ3v) is 6.29. The molecule has 2 aliphatic rings. The second-order valence-corrected chi connectivity index (χ2v) is 8.47. The van der Waals surface area contributed by atoms with Gasteiger partial charge in [-0.2, -0.15) is 0 Å². The van der Waals surface area contributed by atoms with Gasteiger partial charge in [0.25, 0.3) is 0 Å². The number of amides is 1. The monoisotopic (exact) mass is 344 g/mol. The number of nitrogens with zero attached hydrogens (tertiary/aromatic N) is 1. The third kappa shape index (κ3) is 3.84. The highest BCUT2D eigenvalue weighted by molar-refractivity contribution is 5.80. The molecule has 1 amide bonds. The molecule has 3 rings (SSSR count). The molecule has 3 unspecified atom stereocenters. The molecule has 1 aromatic rings. The number of hydrogen-bond donors (Lipinski definition) is 2. The van der Waals surface area contributed by atoms with Crippen molar-refractivity contribution in [2.75, 3.05) is 20.1 Å². The predicted octanol–water partition coefficient (Wildman–Crippen LogP) is 3.51. The number of rotatable bonds is 3. The molecule has 0 radical (unpaired) electrons. The van der Waals surface area contributed by atoms with E-state index in [1.807, 2.05) is 19.2 Å². The summed E-state index contributed by atoms with van der Waals surface area (Å²) in [5, 5.41) is 12.9. The van der Waals surface area contributed by atoms with Gasteiger partial charge in [0, 0.05) is 19.1 Å². The van der Waals surface area contributed by atoms with Gasteiger partial charge in [-0.05, 0) is 55.3 Å². The number of benzene rings is 1. The van der Waals surface area contributed by atoms with E-state index in [2.05, 4.69) is 24.1 Å². The van der Waals surface area contributed by atoms with E-state index < -0.39 is 0 Å². The zero-order valence-corrected chi connectivity index (χ0v) is 15.8. The summed E-state index contributed by atoms with van der Waals surface area (Å²) in [4.78, 5) is 15.3. The zero-order chi connectivity index (χ0) is 18.0. The molecule has 2 N–H and O–H groups in total. The number of hydrogen-bond acceptors (Lipinski definition) is 3. The minimum absolute atomic E-state index is 0.0364. The number of piperidine rings is 1. The molecular weight excluding hydrogens is 312 g/mol. The number of nitrogens with one attached hydrogen (secondary N) is 1. The van der Waals surface area contributed by atoms with E-state index in [0.29, 0.717) is 23.6 Å². The summed E-state index contributed by atoms with van der Waals surface area (Å²) in [5.74, 6) is 1.21. The van der Waals surface area contributed by atoms with Crippen LogP contribution in [0.1, 0.15) is 57.4 Å². The van der Waals surface area contributed by atoms with Crippen molar-refractivity contribution in [2.24, 2.45) is 11.3 Å². The Hall–Kier alpha value is -1.55. The summed E-state index contributed by atoms with van der Waals surface area (Å²) in [6.07, 6.45) is 5.51. The standard InChI is InChI=1S/C21H32N2O2/c1-21(2)14-23(20(25)17-6-4-5-7-19(17)22-3)13-12-18(21)15-8-10-16(24)11-9-15/h8-11,17-19,22,24H,4-7,12-14H2,1-3H3. The van der Waals surface area contributed by atoms with E-state index in [4.69, 9.17) is 0 Å². The number of carbonyl (C=O) groups excluding carboxylic acids is 1. The number of carbonyl (C=O) groups is 1. The van der Waals surface area contributed by atoms with Crippen LogP contribution in [0.15, 0.2) is 24.3 Å². The zero-order valence-electron chi connectivity index (χ0n) is 15.8. The largest absolute Gasteiger partial charge is 0.508 e. The fourth-order valence-corrected chi connectivity index (χ4v) is 4.88. The van der Waals surface area contributed by atoms with Crippen molar-refractivity contribution < 1.29 is 9.90 Å². The van der Waals surface area contributed by atoms with Gasteiger partial charge in [0.1, 0.15) is 5.75 Å². The first-order valence-electron chi connectivity index (χ1n) is 9.67. The Morgan fingerprint density at radius 2 is 1.84 bits per heavy atom. The lowest BCUT2D eigenvalue weighted by molar-refractivity contribution is -0.141. The van der Waals surface area contributed by atoms with Gasteiger partial charge in [-0.15, -0.1) is 0 Å². The summed E-state index contributed by atoms with van der Waals surface area (Å²) >= 11 is 0. The molecule has 138 valence electrons. The third-order valence-electron chi connectivity index (χ3n) is 6.29. The van der Waals surface area contributed by atoms with Crippen LogP contribution >= 0.6 is 0 Å².